The van der Waals surface area contributed by atoms with Crippen LogP contribution in [0.2, 0.25) is 0 Å². The number of sulfonamides is 1. The number of hydrogen-bond donors (Lipinski definition) is 2. The number of carbonyl (C=O) groups is 2. The van der Waals surface area contributed by atoms with Gasteiger partial charge in [0.15, 0.2) is 0 Å². The third-order valence-electron chi connectivity index (χ3n) is 4.34. The molecule has 0 spiro atoms. The number of nitrogens with one attached hydrogen (secondary N) is 2. The molecule has 0 bridgehead atoms. The molecule has 2 atom stereocenters. The summed E-state index contributed by atoms with van der Waals surface area (Å²) in [6.45, 7) is 7.93. The van der Waals surface area contributed by atoms with Crippen molar-refractivity contribution in [1.29, 1.82) is 0 Å². The molecular formula is C19H29N3O5S. The SMILES string of the molecule is COC[C@H](C)N1C[C@@H](C(=O)Nc2ccc(S(=O)(=O)NC(C)(C)C)cc2)CC1=O. The fourth-order valence-corrected chi connectivity index (χ4v) is 4.51. The van der Waals surface area contributed by atoms with Gasteiger partial charge < -0.3 is 15.0 Å². The van der Waals surface area contributed by atoms with Crippen molar-refractivity contribution in [3.05, 3.63) is 24.3 Å². The van der Waals surface area contributed by atoms with Crippen LogP contribution in [0.25, 0.3) is 0 Å². The minimum atomic E-state index is -3.63. The van der Waals surface area contributed by atoms with Gasteiger partial charge >= 0.3 is 0 Å². The van der Waals surface area contributed by atoms with Gasteiger partial charge in [-0.05, 0) is 52.0 Å². The van der Waals surface area contributed by atoms with E-state index in [1.165, 1.54) is 24.3 Å². The highest BCUT2D eigenvalue weighted by atomic mass is 32.2. The van der Waals surface area contributed by atoms with Crippen molar-refractivity contribution in [3.63, 3.8) is 0 Å². The van der Waals surface area contributed by atoms with Gasteiger partial charge in [-0.25, -0.2) is 13.1 Å². The van der Waals surface area contributed by atoms with Gasteiger partial charge in [-0.3, -0.25) is 9.59 Å². The maximum atomic E-state index is 12.5. The molecule has 156 valence electrons. The fraction of sp³-hybridized carbons (Fsp3) is 0.579. The van der Waals surface area contributed by atoms with Gasteiger partial charge in [-0.1, -0.05) is 0 Å². The van der Waals surface area contributed by atoms with Crippen molar-refractivity contribution in [2.75, 3.05) is 25.6 Å². The quantitative estimate of drug-likeness (QED) is 0.709. The number of amides is 2. The summed E-state index contributed by atoms with van der Waals surface area (Å²) >= 11 is 0. The Morgan fingerprint density at radius 3 is 2.43 bits per heavy atom. The van der Waals surface area contributed by atoms with Gasteiger partial charge in [0.05, 0.1) is 23.5 Å². The number of hydrogen-bond acceptors (Lipinski definition) is 5. The zero-order valence-electron chi connectivity index (χ0n) is 17.0. The van der Waals surface area contributed by atoms with E-state index in [9.17, 15) is 18.0 Å². The molecule has 0 saturated carbocycles. The van der Waals surface area contributed by atoms with Crippen LogP contribution < -0.4 is 10.0 Å². The Balaban J connectivity index is 2.01. The lowest BCUT2D eigenvalue weighted by Gasteiger charge is -2.23. The van der Waals surface area contributed by atoms with Crippen LogP contribution in [0.1, 0.15) is 34.1 Å². The van der Waals surface area contributed by atoms with E-state index in [-0.39, 0.29) is 29.2 Å². The number of nitrogens with zero attached hydrogens (tertiary/aromatic N) is 1. The Labute approximate surface area is 166 Å². The van der Waals surface area contributed by atoms with E-state index >= 15 is 0 Å². The lowest BCUT2D eigenvalue weighted by molar-refractivity contribution is -0.130. The maximum Gasteiger partial charge on any atom is 0.241 e. The Bertz CT molecular complexity index is 815. The first-order chi connectivity index (χ1) is 12.9. The molecule has 8 nitrogen and oxygen atoms in total. The zero-order chi connectivity index (χ0) is 21.1. The molecule has 1 heterocycles. The fourth-order valence-electron chi connectivity index (χ4n) is 3.09. The number of rotatable bonds is 7. The van der Waals surface area contributed by atoms with Crippen LogP contribution in [0.5, 0.6) is 0 Å². The van der Waals surface area contributed by atoms with Crippen LogP contribution in [0.15, 0.2) is 29.2 Å². The van der Waals surface area contributed by atoms with Crippen molar-refractivity contribution >= 4 is 27.5 Å². The third-order valence-corrected chi connectivity index (χ3v) is 6.12. The molecule has 0 unspecified atom stereocenters. The van der Waals surface area contributed by atoms with Crippen molar-refractivity contribution in [3.8, 4) is 0 Å². The molecule has 0 aromatic heterocycles. The second kappa shape index (κ2) is 8.59. The van der Waals surface area contributed by atoms with Crippen LogP contribution in [-0.2, 0) is 24.3 Å². The summed E-state index contributed by atoms with van der Waals surface area (Å²) in [6.07, 6.45) is 0.155. The number of ether oxygens (including phenoxy) is 1. The summed E-state index contributed by atoms with van der Waals surface area (Å²) < 4.78 is 32.3. The molecule has 1 saturated heterocycles. The number of methoxy groups -OCH3 is 1. The van der Waals surface area contributed by atoms with Gasteiger partial charge in [0.1, 0.15) is 0 Å². The number of benzene rings is 1. The van der Waals surface area contributed by atoms with E-state index in [1.54, 1.807) is 32.8 Å². The first-order valence-corrected chi connectivity index (χ1v) is 10.6. The topological polar surface area (TPSA) is 105 Å². The first-order valence-electron chi connectivity index (χ1n) is 9.16. The Morgan fingerprint density at radius 2 is 1.89 bits per heavy atom. The largest absolute Gasteiger partial charge is 0.383 e. The third kappa shape index (κ3) is 5.76. The lowest BCUT2D eigenvalue weighted by Crippen LogP contribution is -2.40. The summed E-state index contributed by atoms with van der Waals surface area (Å²) in [7, 11) is -2.06. The van der Waals surface area contributed by atoms with Crippen molar-refractivity contribution in [2.24, 2.45) is 5.92 Å². The molecular weight excluding hydrogens is 382 g/mol. The molecule has 2 rings (SSSR count). The average Bonchev–Trinajstić information content (AvgIpc) is 2.95. The molecule has 0 aliphatic carbocycles. The lowest BCUT2D eigenvalue weighted by atomic mass is 10.1. The van der Waals surface area contributed by atoms with Gasteiger partial charge in [0, 0.05) is 31.3 Å². The summed E-state index contributed by atoms with van der Waals surface area (Å²) in [5, 5.41) is 2.76. The van der Waals surface area contributed by atoms with Crippen LogP contribution in [0, 0.1) is 5.92 Å². The van der Waals surface area contributed by atoms with Crippen molar-refractivity contribution in [2.45, 2.75) is 50.6 Å². The highest BCUT2D eigenvalue weighted by Gasteiger charge is 2.36. The molecule has 1 aliphatic heterocycles. The van der Waals surface area contributed by atoms with E-state index in [0.29, 0.717) is 18.8 Å². The minimum absolute atomic E-state index is 0.0700. The molecule has 1 aliphatic rings. The predicted molar refractivity (Wildman–Crippen MR) is 106 cm³/mol. The van der Waals surface area contributed by atoms with Gasteiger partial charge in [0.25, 0.3) is 0 Å². The summed E-state index contributed by atoms with van der Waals surface area (Å²) in [5.41, 5.74) is -0.109. The summed E-state index contributed by atoms with van der Waals surface area (Å²) in [6, 6.07) is 5.87. The predicted octanol–water partition coefficient (Wildman–Crippen LogP) is 1.59. The van der Waals surface area contributed by atoms with Gasteiger partial charge in [-0.15, -0.1) is 0 Å². The monoisotopic (exact) mass is 411 g/mol. The van der Waals surface area contributed by atoms with Crippen LogP contribution in [0.3, 0.4) is 0 Å². The smallest absolute Gasteiger partial charge is 0.241 e. The van der Waals surface area contributed by atoms with E-state index in [4.69, 9.17) is 4.74 Å². The molecule has 2 N–H and O–H groups in total. The highest BCUT2D eigenvalue weighted by Crippen LogP contribution is 2.23. The number of anilines is 1. The molecule has 1 aromatic carbocycles. The average molecular weight is 412 g/mol. The summed E-state index contributed by atoms with van der Waals surface area (Å²) in [4.78, 5) is 26.4. The molecule has 2 amide bonds. The zero-order valence-corrected chi connectivity index (χ0v) is 17.8. The second-order valence-electron chi connectivity index (χ2n) is 8.12. The Morgan fingerprint density at radius 1 is 1.29 bits per heavy atom. The van der Waals surface area contributed by atoms with E-state index in [0.717, 1.165) is 0 Å². The van der Waals surface area contributed by atoms with Crippen molar-refractivity contribution < 1.29 is 22.7 Å². The second-order valence-corrected chi connectivity index (χ2v) is 9.80. The normalized spacial score (nSPS) is 19.0. The number of likely N-dealkylation sites (tertiary alicyclic amines) is 1. The van der Waals surface area contributed by atoms with E-state index < -0.39 is 21.5 Å². The first kappa shape index (κ1) is 22.3. The minimum Gasteiger partial charge on any atom is -0.383 e. The Kier molecular flexibility index (Phi) is 6.84. The van der Waals surface area contributed by atoms with Crippen LogP contribution in [-0.4, -0.2) is 57.0 Å². The van der Waals surface area contributed by atoms with Crippen LogP contribution in [0.4, 0.5) is 5.69 Å². The molecule has 0 radical (unpaired) electrons. The number of carbonyl (C=O) groups excluding carboxylic acids is 2. The molecule has 9 heteroatoms. The van der Waals surface area contributed by atoms with Gasteiger partial charge in [-0.2, -0.15) is 0 Å². The Hall–Kier alpha value is -1.97. The molecule has 28 heavy (non-hydrogen) atoms. The highest BCUT2D eigenvalue weighted by molar-refractivity contribution is 7.89. The van der Waals surface area contributed by atoms with E-state index in [2.05, 4.69) is 10.0 Å². The maximum absolute atomic E-state index is 12.5. The molecule has 1 fully saturated rings. The molecule has 1 aromatic rings. The standard InChI is InChI=1S/C19H29N3O5S/c1-13(12-27-5)22-11-14(10-17(22)23)18(24)20-15-6-8-16(9-7-15)28(25,26)21-19(2,3)4/h6-9,13-14,21H,10-12H2,1-5H3,(H,20,24)/t13-,14-/m0/s1. The van der Waals surface area contributed by atoms with Gasteiger partial charge in [0.2, 0.25) is 21.8 Å². The van der Waals surface area contributed by atoms with Crippen LogP contribution >= 0.6 is 0 Å². The van der Waals surface area contributed by atoms with E-state index in [1.807, 2.05) is 6.92 Å². The summed E-state index contributed by atoms with van der Waals surface area (Å²) in [5.74, 6) is -0.777. The van der Waals surface area contributed by atoms with Crippen molar-refractivity contribution in [1.82, 2.24) is 9.62 Å².